The van der Waals surface area contributed by atoms with E-state index in [-0.39, 0.29) is 17.2 Å². The van der Waals surface area contributed by atoms with Crippen LogP contribution in [0.1, 0.15) is 31.7 Å². The van der Waals surface area contributed by atoms with Crippen molar-refractivity contribution in [2.24, 2.45) is 0 Å². The molecule has 2 aromatic carbocycles. The first-order chi connectivity index (χ1) is 14.5. The first kappa shape index (κ1) is 21.6. The first-order valence-electron chi connectivity index (χ1n) is 9.83. The standard InChI is InChI=1S/C24H24F2N2O2/c1-3-13-30-22-15-27-21-14-18(10-12-20(21)28-22)19-11-9-17(23(25)24(19)26)8-6-4-5-7-16(2)29/h3,6,8-12,14-16,29H,1,4-5,7,13H2,2H3. The molecule has 0 aliphatic carbocycles. The van der Waals surface area contributed by atoms with E-state index >= 15 is 0 Å². The average molecular weight is 410 g/mol. The van der Waals surface area contributed by atoms with Crippen molar-refractivity contribution in [2.75, 3.05) is 6.61 Å². The van der Waals surface area contributed by atoms with E-state index in [1.807, 2.05) is 0 Å². The van der Waals surface area contributed by atoms with Gasteiger partial charge in [-0.15, -0.1) is 0 Å². The van der Waals surface area contributed by atoms with Crippen LogP contribution < -0.4 is 4.74 Å². The van der Waals surface area contributed by atoms with Crippen LogP contribution in [0.3, 0.4) is 0 Å². The second-order valence-electron chi connectivity index (χ2n) is 7.02. The van der Waals surface area contributed by atoms with Crippen molar-refractivity contribution in [2.45, 2.75) is 32.3 Å². The van der Waals surface area contributed by atoms with Crippen molar-refractivity contribution in [1.29, 1.82) is 0 Å². The van der Waals surface area contributed by atoms with Gasteiger partial charge in [-0.05, 0) is 43.9 Å². The van der Waals surface area contributed by atoms with Gasteiger partial charge in [0, 0.05) is 11.1 Å². The molecule has 6 heteroatoms. The number of fused-ring (bicyclic) bond motifs is 1. The van der Waals surface area contributed by atoms with Crippen molar-refractivity contribution in [3.05, 3.63) is 72.5 Å². The molecule has 0 fully saturated rings. The number of hydrogen-bond acceptors (Lipinski definition) is 4. The number of ether oxygens (including phenoxy) is 1. The van der Waals surface area contributed by atoms with E-state index in [4.69, 9.17) is 4.74 Å². The number of aliphatic hydroxyl groups is 1. The van der Waals surface area contributed by atoms with E-state index in [9.17, 15) is 13.9 Å². The van der Waals surface area contributed by atoms with E-state index in [0.29, 0.717) is 41.9 Å². The van der Waals surface area contributed by atoms with Gasteiger partial charge >= 0.3 is 0 Å². The van der Waals surface area contributed by atoms with Crippen LogP contribution in [0.15, 0.2) is 55.3 Å². The normalized spacial score (nSPS) is 12.4. The molecule has 0 aliphatic rings. The summed E-state index contributed by atoms with van der Waals surface area (Å²) in [5.74, 6) is -1.42. The van der Waals surface area contributed by atoms with Gasteiger partial charge in [0.25, 0.3) is 0 Å². The Bertz CT molecular complexity index is 1060. The smallest absolute Gasteiger partial charge is 0.233 e. The minimum Gasteiger partial charge on any atom is -0.472 e. The summed E-state index contributed by atoms with van der Waals surface area (Å²) < 4.78 is 34.6. The number of aliphatic hydroxyl groups excluding tert-OH is 1. The third-order valence-electron chi connectivity index (χ3n) is 4.58. The fourth-order valence-corrected chi connectivity index (χ4v) is 3.03. The predicted molar refractivity (Wildman–Crippen MR) is 115 cm³/mol. The van der Waals surface area contributed by atoms with E-state index in [2.05, 4.69) is 16.5 Å². The van der Waals surface area contributed by atoms with Crippen LogP contribution in [-0.2, 0) is 0 Å². The van der Waals surface area contributed by atoms with Gasteiger partial charge in [-0.25, -0.2) is 18.7 Å². The van der Waals surface area contributed by atoms with Crippen LogP contribution in [-0.4, -0.2) is 27.8 Å². The highest BCUT2D eigenvalue weighted by Crippen LogP contribution is 2.29. The molecule has 156 valence electrons. The lowest BCUT2D eigenvalue weighted by Gasteiger charge is -2.08. The molecule has 3 rings (SSSR count). The van der Waals surface area contributed by atoms with Crippen molar-refractivity contribution < 1.29 is 18.6 Å². The molecule has 1 unspecified atom stereocenters. The maximum Gasteiger partial charge on any atom is 0.233 e. The van der Waals surface area contributed by atoms with Gasteiger partial charge in [0.05, 0.1) is 23.3 Å². The number of aromatic nitrogens is 2. The maximum absolute atomic E-state index is 14.7. The van der Waals surface area contributed by atoms with E-state index in [1.165, 1.54) is 6.20 Å². The molecule has 3 aromatic rings. The van der Waals surface area contributed by atoms with E-state index in [0.717, 1.165) is 6.42 Å². The van der Waals surface area contributed by atoms with Gasteiger partial charge in [0.2, 0.25) is 5.88 Å². The maximum atomic E-state index is 14.7. The number of unbranched alkanes of at least 4 members (excludes halogenated alkanes) is 1. The van der Waals surface area contributed by atoms with Crippen LogP contribution >= 0.6 is 0 Å². The molecule has 30 heavy (non-hydrogen) atoms. The predicted octanol–water partition coefficient (Wildman–Crippen LogP) is 5.70. The second kappa shape index (κ2) is 10.1. The molecule has 0 radical (unpaired) electrons. The Balaban J connectivity index is 1.81. The fraction of sp³-hybridized carbons (Fsp3) is 0.250. The zero-order chi connectivity index (χ0) is 21.5. The Morgan fingerprint density at radius 1 is 1.17 bits per heavy atom. The summed E-state index contributed by atoms with van der Waals surface area (Å²) in [5.41, 5.74) is 2.02. The summed E-state index contributed by atoms with van der Waals surface area (Å²) in [6.45, 7) is 5.63. The molecular weight excluding hydrogens is 386 g/mol. The summed E-state index contributed by atoms with van der Waals surface area (Å²) in [4.78, 5) is 8.63. The highest BCUT2D eigenvalue weighted by atomic mass is 19.2. The zero-order valence-corrected chi connectivity index (χ0v) is 16.8. The number of nitrogens with zero attached hydrogens (tertiary/aromatic N) is 2. The summed E-state index contributed by atoms with van der Waals surface area (Å²) in [6, 6.07) is 8.16. The fourth-order valence-electron chi connectivity index (χ4n) is 3.03. The summed E-state index contributed by atoms with van der Waals surface area (Å²) in [7, 11) is 0. The van der Waals surface area contributed by atoms with Gasteiger partial charge in [0.15, 0.2) is 11.6 Å². The molecule has 0 bridgehead atoms. The Kier molecular flexibility index (Phi) is 7.25. The van der Waals surface area contributed by atoms with Crippen LogP contribution in [0.25, 0.3) is 28.2 Å². The van der Waals surface area contributed by atoms with Gasteiger partial charge in [-0.2, -0.15) is 0 Å². The van der Waals surface area contributed by atoms with Crippen molar-refractivity contribution in [3.8, 4) is 17.0 Å². The van der Waals surface area contributed by atoms with Gasteiger partial charge in [-0.1, -0.05) is 43.0 Å². The molecule has 1 atom stereocenters. The van der Waals surface area contributed by atoms with Crippen molar-refractivity contribution in [1.82, 2.24) is 9.97 Å². The first-order valence-corrected chi connectivity index (χ1v) is 9.83. The highest BCUT2D eigenvalue weighted by molar-refractivity contribution is 5.82. The largest absolute Gasteiger partial charge is 0.472 e. The Morgan fingerprint density at radius 3 is 2.77 bits per heavy atom. The molecule has 1 heterocycles. The second-order valence-corrected chi connectivity index (χ2v) is 7.02. The molecular formula is C24H24F2N2O2. The van der Waals surface area contributed by atoms with E-state index in [1.54, 1.807) is 55.5 Å². The number of halogens is 2. The van der Waals surface area contributed by atoms with Gasteiger partial charge in [0.1, 0.15) is 6.61 Å². The quantitative estimate of drug-likeness (QED) is 0.363. The number of hydrogen-bond donors (Lipinski definition) is 1. The topological polar surface area (TPSA) is 55.2 Å². The molecule has 1 aromatic heterocycles. The summed E-state index contributed by atoms with van der Waals surface area (Å²) >= 11 is 0. The Hall–Kier alpha value is -3.12. The molecule has 1 N–H and O–H groups in total. The van der Waals surface area contributed by atoms with Crippen LogP contribution in [0.2, 0.25) is 0 Å². The third kappa shape index (κ3) is 5.27. The lowest BCUT2D eigenvalue weighted by Crippen LogP contribution is -1.98. The van der Waals surface area contributed by atoms with Crippen LogP contribution in [0.5, 0.6) is 5.88 Å². The van der Waals surface area contributed by atoms with Crippen LogP contribution in [0.4, 0.5) is 8.78 Å². The van der Waals surface area contributed by atoms with Gasteiger partial charge in [-0.3, -0.25) is 0 Å². The summed E-state index contributed by atoms with van der Waals surface area (Å²) in [6.07, 6.45) is 8.25. The summed E-state index contributed by atoms with van der Waals surface area (Å²) in [5, 5.41) is 9.25. The van der Waals surface area contributed by atoms with Gasteiger partial charge < -0.3 is 9.84 Å². The number of allylic oxidation sites excluding steroid dienone is 1. The SMILES string of the molecule is C=CCOc1cnc2cc(-c3ccc(C=CCCCC(C)O)c(F)c3F)ccc2n1. The minimum absolute atomic E-state index is 0.162. The van der Waals surface area contributed by atoms with Crippen molar-refractivity contribution in [3.63, 3.8) is 0 Å². The third-order valence-corrected chi connectivity index (χ3v) is 4.58. The molecule has 4 nitrogen and oxygen atoms in total. The van der Waals surface area contributed by atoms with Crippen LogP contribution in [0, 0.1) is 11.6 Å². The molecule has 0 spiro atoms. The number of benzene rings is 2. The Labute approximate surface area is 174 Å². The monoisotopic (exact) mass is 410 g/mol. The lowest BCUT2D eigenvalue weighted by atomic mass is 10.0. The average Bonchev–Trinajstić information content (AvgIpc) is 2.74. The number of rotatable bonds is 9. The lowest BCUT2D eigenvalue weighted by molar-refractivity contribution is 0.182. The minimum atomic E-state index is -0.903. The molecule has 0 aliphatic heterocycles. The van der Waals surface area contributed by atoms with E-state index < -0.39 is 11.6 Å². The highest BCUT2D eigenvalue weighted by Gasteiger charge is 2.14. The molecule has 0 saturated heterocycles. The molecule has 0 saturated carbocycles. The van der Waals surface area contributed by atoms with Crippen molar-refractivity contribution >= 4 is 17.1 Å². The zero-order valence-electron chi connectivity index (χ0n) is 16.8. The Morgan fingerprint density at radius 2 is 2.00 bits per heavy atom. The molecule has 0 amide bonds.